The van der Waals surface area contributed by atoms with E-state index in [0.717, 1.165) is 0 Å². The van der Waals surface area contributed by atoms with Crippen LogP contribution in [0, 0.1) is 0 Å². The number of benzene rings is 2. The Kier molecular flexibility index (Phi) is 6.99. The molecule has 156 valence electrons. The number of hydrogen-bond acceptors (Lipinski definition) is 8. The van der Waals surface area contributed by atoms with Crippen molar-refractivity contribution in [3.8, 4) is 22.8 Å². The molecule has 0 saturated heterocycles. The van der Waals surface area contributed by atoms with Crippen LogP contribution < -0.4 is 9.47 Å². The molecule has 0 aliphatic rings. The van der Waals surface area contributed by atoms with Crippen LogP contribution in [0.15, 0.2) is 48.5 Å². The number of hydrogen-bond donors (Lipinski definition) is 1. The standard InChI is InChI=1S/C21H21N3O6/c1-3-28-21(26)19-18(22-24-23-19)14-7-9-16(10-8-14)29-11-12-30-17-6-4-5-15(13-17)20(25)27-2/h4-10,13H,3,11-12H2,1-2H3,(H,22,23,24). The number of esters is 2. The molecule has 0 bridgehead atoms. The summed E-state index contributed by atoms with van der Waals surface area (Å²) in [7, 11) is 1.33. The minimum atomic E-state index is -0.532. The number of ether oxygens (including phenoxy) is 4. The van der Waals surface area contributed by atoms with Gasteiger partial charge in [0.15, 0.2) is 5.69 Å². The average Bonchev–Trinajstić information content (AvgIpc) is 3.27. The largest absolute Gasteiger partial charge is 0.490 e. The predicted octanol–water partition coefficient (Wildman–Crippen LogP) is 2.89. The molecule has 0 saturated carbocycles. The maximum absolute atomic E-state index is 11.9. The highest BCUT2D eigenvalue weighted by Gasteiger charge is 2.18. The molecule has 2 aromatic carbocycles. The third kappa shape index (κ3) is 5.13. The minimum absolute atomic E-state index is 0.133. The Morgan fingerprint density at radius 2 is 1.67 bits per heavy atom. The highest BCUT2D eigenvalue weighted by atomic mass is 16.5. The van der Waals surface area contributed by atoms with Crippen LogP contribution in [0.25, 0.3) is 11.3 Å². The maximum Gasteiger partial charge on any atom is 0.361 e. The van der Waals surface area contributed by atoms with E-state index in [1.165, 1.54) is 7.11 Å². The summed E-state index contributed by atoms with van der Waals surface area (Å²) in [4.78, 5) is 23.5. The van der Waals surface area contributed by atoms with Gasteiger partial charge in [-0.25, -0.2) is 9.59 Å². The minimum Gasteiger partial charge on any atom is -0.490 e. The molecule has 0 atom stereocenters. The molecule has 0 unspecified atom stereocenters. The number of carbonyl (C=O) groups is 2. The van der Waals surface area contributed by atoms with E-state index in [-0.39, 0.29) is 12.3 Å². The van der Waals surface area contributed by atoms with Gasteiger partial charge in [0, 0.05) is 5.56 Å². The first-order chi connectivity index (χ1) is 14.6. The van der Waals surface area contributed by atoms with E-state index < -0.39 is 11.9 Å². The monoisotopic (exact) mass is 411 g/mol. The third-order valence-corrected chi connectivity index (χ3v) is 4.02. The van der Waals surface area contributed by atoms with Crippen molar-refractivity contribution >= 4 is 11.9 Å². The molecular weight excluding hydrogens is 390 g/mol. The molecule has 1 aromatic heterocycles. The lowest BCUT2D eigenvalue weighted by molar-refractivity contribution is 0.0519. The van der Waals surface area contributed by atoms with Gasteiger partial charge in [0.1, 0.15) is 30.4 Å². The van der Waals surface area contributed by atoms with E-state index in [1.54, 1.807) is 55.5 Å². The second-order valence-corrected chi connectivity index (χ2v) is 5.98. The Labute approximate surface area is 172 Å². The van der Waals surface area contributed by atoms with Gasteiger partial charge >= 0.3 is 11.9 Å². The summed E-state index contributed by atoms with van der Waals surface area (Å²) in [6, 6.07) is 13.8. The van der Waals surface area contributed by atoms with Crippen molar-refractivity contribution in [3.05, 3.63) is 59.8 Å². The van der Waals surface area contributed by atoms with Gasteiger partial charge in [-0.2, -0.15) is 10.3 Å². The summed E-state index contributed by atoms with van der Waals surface area (Å²) < 4.78 is 20.9. The zero-order valence-electron chi connectivity index (χ0n) is 16.6. The van der Waals surface area contributed by atoms with Crippen LogP contribution in [0.1, 0.15) is 27.8 Å². The van der Waals surface area contributed by atoms with Crippen molar-refractivity contribution in [2.45, 2.75) is 6.92 Å². The first kappa shape index (κ1) is 20.8. The molecule has 30 heavy (non-hydrogen) atoms. The van der Waals surface area contributed by atoms with Gasteiger partial charge in [0.05, 0.1) is 19.3 Å². The summed E-state index contributed by atoms with van der Waals surface area (Å²) in [6.07, 6.45) is 0. The molecule has 1 heterocycles. The zero-order valence-corrected chi connectivity index (χ0v) is 16.6. The fourth-order valence-corrected chi connectivity index (χ4v) is 2.63. The second kappa shape index (κ2) is 10.1. The quantitative estimate of drug-likeness (QED) is 0.422. The van der Waals surface area contributed by atoms with E-state index in [1.807, 2.05) is 0 Å². The normalized spacial score (nSPS) is 10.3. The summed E-state index contributed by atoms with van der Waals surface area (Å²) in [5.41, 5.74) is 1.67. The Morgan fingerprint density at radius 1 is 0.933 bits per heavy atom. The summed E-state index contributed by atoms with van der Waals surface area (Å²) >= 11 is 0. The summed E-state index contributed by atoms with van der Waals surface area (Å²) in [5, 5.41) is 10.3. The Hall–Kier alpha value is -3.88. The number of carbonyl (C=O) groups excluding carboxylic acids is 2. The average molecular weight is 411 g/mol. The molecular formula is C21H21N3O6. The first-order valence-corrected chi connectivity index (χ1v) is 9.24. The van der Waals surface area contributed by atoms with Crippen molar-refractivity contribution in [1.29, 1.82) is 0 Å². The smallest absolute Gasteiger partial charge is 0.361 e. The number of H-pyrrole nitrogens is 1. The van der Waals surface area contributed by atoms with Crippen LogP contribution in [0.3, 0.4) is 0 Å². The van der Waals surface area contributed by atoms with Crippen molar-refractivity contribution < 1.29 is 28.5 Å². The van der Waals surface area contributed by atoms with Crippen LogP contribution >= 0.6 is 0 Å². The Balaban J connectivity index is 1.53. The first-order valence-electron chi connectivity index (χ1n) is 9.24. The number of nitrogens with zero attached hydrogens (tertiary/aromatic N) is 2. The topological polar surface area (TPSA) is 113 Å². The SMILES string of the molecule is CCOC(=O)c1n[nH]nc1-c1ccc(OCCOc2cccc(C(=O)OC)c2)cc1. The molecule has 0 amide bonds. The fraction of sp³-hybridized carbons (Fsp3) is 0.238. The molecule has 9 heteroatoms. The lowest BCUT2D eigenvalue weighted by atomic mass is 10.1. The highest BCUT2D eigenvalue weighted by molar-refractivity contribution is 5.93. The van der Waals surface area contributed by atoms with Crippen LogP contribution in [0.2, 0.25) is 0 Å². The number of aromatic nitrogens is 3. The Morgan fingerprint density at radius 3 is 2.37 bits per heavy atom. The van der Waals surface area contributed by atoms with Crippen LogP contribution in [0.5, 0.6) is 11.5 Å². The number of nitrogens with one attached hydrogen (secondary N) is 1. The van der Waals surface area contributed by atoms with Gasteiger partial charge in [0.2, 0.25) is 0 Å². The second-order valence-electron chi connectivity index (χ2n) is 5.98. The molecule has 3 aromatic rings. The van der Waals surface area contributed by atoms with Crippen LogP contribution in [-0.4, -0.2) is 54.3 Å². The van der Waals surface area contributed by atoms with E-state index in [2.05, 4.69) is 20.1 Å². The summed E-state index contributed by atoms with van der Waals surface area (Å²) in [5.74, 6) is 0.228. The van der Waals surface area contributed by atoms with Gasteiger partial charge in [-0.1, -0.05) is 6.07 Å². The molecule has 9 nitrogen and oxygen atoms in total. The summed E-state index contributed by atoms with van der Waals surface area (Å²) in [6.45, 7) is 2.58. The van der Waals surface area contributed by atoms with Gasteiger partial charge in [0.25, 0.3) is 0 Å². The number of methoxy groups -OCH3 is 1. The highest BCUT2D eigenvalue weighted by Crippen LogP contribution is 2.23. The van der Waals surface area contributed by atoms with E-state index >= 15 is 0 Å². The molecule has 3 rings (SSSR count). The third-order valence-electron chi connectivity index (χ3n) is 4.02. The van der Waals surface area contributed by atoms with Crippen molar-refractivity contribution in [2.75, 3.05) is 26.9 Å². The van der Waals surface area contributed by atoms with Crippen molar-refractivity contribution in [3.63, 3.8) is 0 Å². The van der Waals surface area contributed by atoms with Gasteiger partial charge in [-0.15, -0.1) is 5.10 Å². The molecule has 0 aliphatic heterocycles. The molecule has 0 spiro atoms. The zero-order chi connectivity index (χ0) is 21.3. The lowest BCUT2D eigenvalue weighted by Crippen LogP contribution is -2.09. The molecule has 0 fully saturated rings. The lowest BCUT2D eigenvalue weighted by Gasteiger charge is -2.09. The van der Waals surface area contributed by atoms with Crippen molar-refractivity contribution in [1.82, 2.24) is 15.4 Å². The van der Waals surface area contributed by atoms with Gasteiger partial charge < -0.3 is 18.9 Å². The van der Waals surface area contributed by atoms with Gasteiger partial charge in [-0.05, 0) is 49.4 Å². The van der Waals surface area contributed by atoms with Crippen molar-refractivity contribution in [2.24, 2.45) is 0 Å². The number of aromatic amines is 1. The fourth-order valence-electron chi connectivity index (χ4n) is 2.63. The number of rotatable bonds is 9. The predicted molar refractivity (Wildman–Crippen MR) is 107 cm³/mol. The van der Waals surface area contributed by atoms with E-state index in [4.69, 9.17) is 14.2 Å². The van der Waals surface area contributed by atoms with E-state index in [9.17, 15) is 9.59 Å². The molecule has 0 aliphatic carbocycles. The van der Waals surface area contributed by atoms with Crippen LogP contribution in [0.4, 0.5) is 0 Å². The Bertz CT molecular complexity index is 1000. The molecule has 1 N–H and O–H groups in total. The van der Waals surface area contributed by atoms with E-state index in [0.29, 0.717) is 41.5 Å². The maximum atomic E-state index is 11.9. The molecule has 0 radical (unpaired) electrons. The van der Waals surface area contributed by atoms with Gasteiger partial charge in [-0.3, -0.25) is 0 Å². The van der Waals surface area contributed by atoms with Crippen LogP contribution in [-0.2, 0) is 9.47 Å².